The van der Waals surface area contributed by atoms with Crippen molar-refractivity contribution in [3.05, 3.63) is 70.7 Å². The first-order valence-electron chi connectivity index (χ1n) is 6.64. The van der Waals surface area contributed by atoms with Gasteiger partial charge in [0.2, 0.25) is 0 Å². The highest BCUT2D eigenvalue weighted by Crippen LogP contribution is 2.18. The number of anilines is 1. The molecule has 1 N–H and O–H groups in total. The summed E-state index contributed by atoms with van der Waals surface area (Å²) < 4.78 is 5.02. The van der Waals surface area contributed by atoms with Gasteiger partial charge in [0.25, 0.3) is 0 Å². The first-order valence-corrected chi connectivity index (χ1v) is 6.64. The number of benzene rings is 2. The first-order chi connectivity index (χ1) is 10.3. The van der Waals surface area contributed by atoms with Gasteiger partial charge in [0, 0.05) is 0 Å². The maximum atomic E-state index is 11.4. The van der Waals surface area contributed by atoms with Gasteiger partial charge in [-0.1, -0.05) is 42.5 Å². The summed E-state index contributed by atoms with van der Waals surface area (Å²) in [6, 6.07) is 17.2. The number of rotatable bonds is 5. The van der Waals surface area contributed by atoms with Crippen LogP contribution in [0.25, 0.3) is 11.0 Å². The van der Waals surface area contributed by atoms with Crippen molar-refractivity contribution in [2.75, 3.05) is 12.1 Å². The molecule has 1 heterocycles. The fourth-order valence-electron chi connectivity index (χ4n) is 2.03. The fourth-order valence-corrected chi connectivity index (χ4v) is 2.03. The summed E-state index contributed by atoms with van der Waals surface area (Å²) in [6.45, 7) is 0.472. The Kier molecular flexibility index (Phi) is 3.93. The minimum Gasteiger partial charge on any atom is -0.408 e. The molecule has 0 aliphatic carbocycles. The van der Waals surface area contributed by atoms with E-state index in [1.807, 2.05) is 42.5 Å². The molecule has 0 saturated carbocycles. The SMILES string of the molecule is O=c1nc(NOCCc2ccccc2)c2ccccc2o1. The Labute approximate surface area is 121 Å². The molecular weight excluding hydrogens is 268 g/mol. The summed E-state index contributed by atoms with van der Waals surface area (Å²) in [6.07, 6.45) is 0.771. The lowest BCUT2D eigenvalue weighted by Crippen LogP contribution is -2.12. The van der Waals surface area contributed by atoms with E-state index in [0.717, 1.165) is 6.42 Å². The Hall–Kier alpha value is -2.66. The smallest absolute Gasteiger partial charge is 0.408 e. The summed E-state index contributed by atoms with van der Waals surface area (Å²) >= 11 is 0. The van der Waals surface area contributed by atoms with Crippen molar-refractivity contribution in [3.8, 4) is 0 Å². The number of fused-ring (bicyclic) bond motifs is 1. The molecule has 5 nitrogen and oxygen atoms in total. The summed E-state index contributed by atoms with van der Waals surface area (Å²) in [5.41, 5.74) is 4.39. The Morgan fingerprint density at radius 1 is 1.05 bits per heavy atom. The van der Waals surface area contributed by atoms with Crippen molar-refractivity contribution < 1.29 is 9.25 Å². The molecule has 1 aromatic heterocycles. The maximum absolute atomic E-state index is 11.4. The van der Waals surface area contributed by atoms with Crippen molar-refractivity contribution in [2.24, 2.45) is 0 Å². The number of hydrogen-bond acceptors (Lipinski definition) is 5. The molecule has 0 fully saturated rings. The second-order valence-electron chi connectivity index (χ2n) is 4.51. The summed E-state index contributed by atoms with van der Waals surface area (Å²) in [4.78, 5) is 20.6. The predicted molar refractivity (Wildman–Crippen MR) is 80.0 cm³/mol. The van der Waals surface area contributed by atoms with E-state index >= 15 is 0 Å². The average molecular weight is 282 g/mol. The van der Waals surface area contributed by atoms with Gasteiger partial charge in [-0.15, -0.1) is 0 Å². The molecule has 21 heavy (non-hydrogen) atoms. The molecule has 0 spiro atoms. The Balaban J connectivity index is 1.67. The van der Waals surface area contributed by atoms with Crippen LogP contribution in [0.15, 0.2) is 63.8 Å². The van der Waals surface area contributed by atoms with E-state index < -0.39 is 5.76 Å². The van der Waals surface area contributed by atoms with Gasteiger partial charge in [-0.05, 0) is 24.1 Å². The van der Waals surface area contributed by atoms with Gasteiger partial charge in [-0.25, -0.2) is 10.3 Å². The third-order valence-corrected chi connectivity index (χ3v) is 3.05. The van der Waals surface area contributed by atoms with E-state index in [1.54, 1.807) is 12.1 Å². The normalized spacial score (nSPS) is 10.7. The van der Waals surface area contributed by atoms with Crippen LogP contribution in [0, 0.1) is 0 Å². The second-order valence-corrected chi connectivity index (χ2v) is 4.51. The predicted octanol–water partition coefficient (Wildman–Crippen LogP) is 2.77. The molecular formula is C16H14N2O3. The van der Waals surface area contributed by atoms with Crippen molar-refractivity contribution in [3.63, 3.8) is 0 Å². The third kappa shape index (κ3) is 3.27. The Bertz CT molecular complexity index is 784. The van der Waals surface area contributed by atoms with Gasteiger partial charge in [0.15, 0.2) is 5.82 Å². The summed E-state index contributed by atoms with van der Waals surface area (Å²) in [7, 11) is 0. The van der Waals surface area contributed by atoms with Crippen molar-refractivity contribution in [1.29, 1.82) is 0 Å². The molecule has 0 aliphatic heterocycles. The molecule has 106 valence electrons. The van der Waals surface area contributed by atoms with Crippen LogP contribution in [0.2, 0.25) is 0 Å². The largest absolute Gasteiger partial charge is 0.441 e. The fraction of sp³-hybridized carbons (Fsp3) is 0.125. The number of para-hydroxylation sites is 1. The van der Waals surface area contributed by atoms with Crippen LogP contribution < -0.4 is 11.2 Å². The van der Waals surface area contributed by atoms with Gasteiger partial charge in [0.1, 0.15) is 5.58 Å². The highest BCUT2D eigenvalue weighted by Gasteiger charge is 2.06. The van der Waals surface area contributed by atoms with Crippen LogP contribution in [-0.4, -0.2) is 11.6 Å². The van der Waals surface area contributed by atoms with Gasteiger partial charge in [-0.3, -0.25) is 4.84 Å². The zero-order chi connectivity index (χ0) is 14.5. The summed E-state index contributed by atoms with van der Waals surface area (Å²) in [5, 5.41) is 0.705. The van der Waals surface area contributed by atoms with Gasteiger partial charge < -0.3 is 4.42 Å². The zero-order valence-corrected chi connectivity index (χ0v) is 11.3. The molecule has 0 radical (unpaired) electrons. The van der Waals surface area contributed by atoms with Crippen LogP contribution in [0.5, 0.6) is 0 Å². The van der Waals surface area contributed by atoms with E-state index in [2.05, 4.69) is 10.5 Å². The number of hydrogen-bond donors (Lipinski definition) is 1. The molecule has 0 atom stereocenters. The number of nitrogens with zero attached hydrogens (tertiary/aromatic N) is 1. The quantitative estimate of drug-likeness (QED) is 0.576. The van der Waals surface area contributed by atoms with Crippen LogP contribution in [0.3, 0.4) is 0 Å². The van der Waals surface area contributed by atoms with E-state index in [9.17, 15) is 4.79 Å². The molecule has 0 amide bonds. The van der Waals surface area contributed by atoms with Crippen molar-refractivity contribution in [1.82, 2.24) is 4.98 Å². The lowest BCUT2D eigenvalue weighted by molar-refractivity contribution is 0.196. The monoisotopic (exact) mass is 282 g/mol. The lowest BCUT2D eigenvalue weighted by atomic mass is 10.2. The average Bonchev–Trinajstić information content (AvgIpc) is 2.52. The van der Waals surface area contributed by atoms with E-state index in [-0.39, 0.29) is 0 Å². The minimum absolute atomic E-state index is 0.370. The first kappa shape index (κ1) is 13.3. The van der Waals surface area contributed by atoms with E-state index in [4.69, 9.17) is 9.25 Å². The minimum atomic E-state index is -0.650. The van der Waals surface area contributed by atoms with Crippen molar-refractivity contribution >= 4 is 16.8 Å². The molecule has 3 aromatic rings. The Morgan fingerprint density at radius 3 is 2.67 bits per heavy atom. The number of nitrogens with one attached hydrogen (secondary N) is 1. The van der Waals surface area contributed by atoms with Crippen LogP contribution >= 0.6 is 0 Å². The van der Waals surface area contributed by atoms with Crippen LogP contribution in [0.4, 0.5) is 5.82 Å². The highest BCUT2D eigenvalue weighted by molar-refractivity contribution is 5.86. The van der Waals surface area contributed by atoms with Crippen LogP contribution in [0.1, 0.15) is 5.56 Å². The Morgan fingerprint density at radius 2 is 1.81 bits per heavy atom. The second kappa shape index (κ2) is 6.19. The molecule has 0 unspecified atom stereocenters. The highest BCUT2D eigenvalue weighted by atomic mass is 16.6. The van der Waals surface area contributed by atoms with E-state index in [1.165, 1.54) is 5.56 Å². The van der Waals surface area contributed by atoms with Crippen molar-refractivity contribution in [2.45, 2.75) is 6.42 Å². The molecule has 0 aliphatic rings. The summed E-state index contributed by atoms with van der Waals surface area (Å²) in [5.74, 6) is -0.280. The standard InChI is InChI=1S/C16H14N2O3/c19-16-17-15(13-8-4-5-9-14(13)21-16)18-20-11-10-12-6-2-1-3-7-12/h1-9H,10-11H2,(H,17,18,19). The van der Waals surface area contributed by atoms with Gasteiger partial charge in [-0.2, -0.15) is 4.98 Å². The molecule has 0 bridgehead atoms. The molecule has 2 aromatic carbocycles. The zero-order valence-electron chi connectivity index (χ0n) is 11.3. The molecule has 0 saturated heterocycles. The maximum Gasteiger partial charge on any atom is 0.441 e. The number of aromatic nitrogens is 1. The van der Waals surface area contributed by atoms with E-state index in [0.29, 0.717) is 23.4 Å². The topological polar surface area (TPSA) is 64.4 Å². The van der Waals surface area contributed by atoms with Gasteiger partial charge >= 0.3 is 5.76 Å². The van der Waals surface area contributed by atoms with Crippen LogP contribution in [-0.2, 0) is 11.3 Å². The molecule has 5 heteroatoms. The molecule has 3 rings (SSSR count). The third-order valence-electron chi connectivity index (χ3n) is 3.05. The van der Waals surface area contributed by atoms with Gasteiger partial charge in [0.05, 0.1) is 12.0 Å². The lowest BCUT2D eigenvalue weighted by Gasteiger charge is -2.07.